The van der Waals surface area contributed by atoms with Gasteiger partial charge in [0.1, 0.15) is 0 Å². The molecule has 1 unspecified atom stereocenters. The van der Waals surface area contributed by atoms with Crippen LogP contribution in [0.4, 0.5) is 0 Å². The van der Waals surface area contributed by atoms with Crippen LogP contribution < -0.4 is 5.32 Å². The summed E-state index contributed by atoms with van der Waals surface area (Å²) in [5, 5.41) is 16.1. The van der Waals surface area contributed by atoms with Gasteiger partial charge in [-0.1, -0.05) is 35.5 Å². The smallest absolute Gasteiger partial charge is 0.229 e. The lowest BCUT2D eigenvalue weighted by atomic mass is 9.96. The molecule has 1 amide bonds. The molecule has 1 aromatic heterocycles. The Morgan fingerprint density at radius 2 is 2.13 bits per heavy atom. The summed E-state index contributed by atoms with van der Waals surface area (Å²) < 4.78 is 4.87. The van der Waals surface area contributed by atoms with Gasteiger partial charge in [-0.15, -0.1) is 0 Å². The van der Waals surface area contributed by atoms with Gasteiger partial charge in [-0.2, -0.15) is 0 Å². The molecule has 124 valence electrons. The Labute approximate surface area is 140 Å². The Kier molecular flexibility index (Phi) is 6.62. The predicted molar refractivity (Wildman–Crippen MR) is 88.5 cm³/mol. The van der Waals surface area contributed by atoms with Crippen molar-refractivity contribution in [2.45, 2.75) is 32.1 Å². The molecular formula is C17H21ClN2O3. The third kappa shape index (κ3) is 5.08. The lowest BCUT2D eigenvalue weighted by Gasteiger charge is -2.17. The zero-order valence-electron chi connectivity index (χ0n) is 13.1. The van der Waals surface area contributed by atoms with E-state index in [4.69, 9.17) is 16.1 Å². The molecule has 0 aliphatic heterocycles. The Hall–Kier alpha value is -1.85. The average molecular weight is 337 g/mol. The number of aliphatic hydroxyl groups excluding tert-OH is 1. The summed E-state index contributed by atoms with van der Waals surface area (Å²) >= 11 is 5.89. The van der Waals surface area contributed by atoms with E-state index in [1.54, 1.807) is 6.92 Å². The molecule has 0 bridgehead atoms. The summed E-state index contributed by atoms with van der Waals surface area (Å²) in [5.41, 5.74) is 2.60. The number of halogens is 1. The van der Waals surface area contributed by atoms with Crippen molar-refractivity contribution in [2.75, 3.05) is 13.2 Å². The summed E-state index contributed by atoms with van der Waals surface area (Å²) in [6, 6.07) is 9.87. The quantitative estimate of drug-likeness (QED) is 0.777. The molecule has 23 heavy (non-hydrogen) atoms. The van der Waals surface area contributed by atoms with E-state index in [1.807, 2.05) is 30.3 Å². The first-order valence-corrected chi connectivity index (χ1v) is 8.02. The summed E-state index contributed by atoms with van der Waals surface area (Å²) in [4.78, 5) is 12.0. The second kappa shape index (κ2) is 8.70. The van der Waals surface area contributed by atoms with E-state index in [1.165, 1.54) is 0 Å². The molecule has 0 aliphatic carbocycles. The highest BCUT2D eigenvalue weighted by Gasteiger charge is 2.15. The van der Waals surface area contributed by atoms with Crippen LogP contribution >= 0.6 is 11.6 Å². The van der Waals surface area contributed by atoms with Gasteiger partial charge < -0.3 is 14.9 Å². The van der Waals surface area contributed by atoms with Gasteiger partial charge in [0.2, 0.25) is 11.1 Å². The number of benzene rings is 1. The molecule has 1 heterocycles. The van der Waals surface area contributed by atoms with Crippen molar-refractivity contribution in [3.8, 4) is 0 Å². The molecular weight excluding hydrogens is 316 g/mol. The van der Waals surface area contributed by atoms with E-state index in [0.29, 0.717) is 31.5 Å². The number of aliphatic hydroxyl groups is 1. The van der Waals surface area contributed by atoms with E-state index >= 15 is 0 Å². The fraction of sp³-hybridized carbons (Fsp3) is 0.412. The third-order valence-corrected chi connectivity index (χ3v) is 4.13. The number of carbonyl (C=O) groups is 1. The fourth-order valence-electron chi connectivity index (χ4n) is 2.47. The summed E-state index contributed by atoms with van der Waals surface area (Å²) in [6.07, 6.45) is 1.43. The first-order chi connectivity index (χ1) is 11.1. The minimum absolute atomic E-state index is 0.0551. The van der Waals surface area contributed by atoms with Crippen molar-refractivity contribution in [1.29, 1.82) is 0 Å². The zero-order valence-corrected chi connectivity index (χ0v) is 13.8. The number of aromatic nitrogens is 1. The van der Waals surface area contributed by atoms with Crippen LogP contribution in [-0.2, 0) is 11.2 Å². The molecule has 0 saturated carbocycles. The van der Waals surface area contributed by atoms with Crippen molar-refractivity contribution in [3.63, 3.8) is 0 Å². The molecule has 0 aliphatic rings. The Balaban J connectivity index is 1.84. The molecule has 2 aromatic rings. The minimum Gasteiger partial charge on any atom is -0.396 e. The summed E-state index contributed by atoms with van der Waals surface area (Å²) in [6.45, 7) is 2.39. The Morgan fingerprint density at radius 3 is 2.74 bits per heavy atom. The van der Waals surface area contributed by atoms with Crippen LogP contribution in [0, 0.1) is 6.92 Å². The standard InChI is InChI=1S/C17H21ClN2O3/c1-12-15(17(18)23-20-12)7-8-16(22)19-11-14(9-10-21)13-5-3-2-4-6-13/h2-6,14,21H,7-11H2,1H3,(H,19,22). The van der Waals surface area contributed by atoms with Crippen molar-refractivity contribution in [1.82, 2.24) is 10.5 Å². The number of rotatable bonds is 8. The molecule has 1 aromatic carbocycles. The van der Waals surface area contributed by atoms with Crippen LogP contribution in [0.1, 0.15) is 35.6 Å². The van der Waals surface area contributed by atoms with E-state index in [9.17, 15) is 9.90 Å². The maximum absolute atomic E-state index is 12.0. The van der Waals surface area contributed by atoms with E-state index < -0.39 is 0 Å². The van der Waals surface area contributed by atoms with Gasteiger partial charge in [0.05, 0.1) is 5.69 Å². The molecule has 5 nitrogen and oxygen atoms in total. The predicted octanol–water partition coefficient (Wildman–Crippen LogP) is 2.85. The van der Waals surface area contributed by atoms with Gasteiger partial charge in [-0.05, 0) is 36.9 Å². The van der Waals surface area contributed by atoms with Gasteiger partial charge in [0.25, 0.3) is 0 Å². The van der Waals surface area contributed by atoms with Gasteiger partial charge in [0.15, 0.2) is 0 Å². The number of hydrogen-bond acceptors (Lipinski definition) is 4. The van der Waals surface area contributed by atoms with E-state index in [-0.39, 0.29) is 23.7 Å². The lowest BCUT2D eigenvalue weighted by molar-refractivity contribution is -0.121. The largest absolute Gasteiger partial charge is 0.396 e. The zero-order chi connectivity index (χ0) is 16.7. The number of nitrogens with one attached hydrogen (secondary N) is 1. The molecule has 2 rings (SSSR count). The average Bonchev–Trinajstić information content (AvgIpc) is 2.88. The van der Waals surface area contributed by atoms with Crippen LogP contribution in [0.5, 0.6) is 0 Å². The van der Waals surface area contributed by atoms with Gasteiger partial charge in [0, 0.05) is 31.1 Å². The van der Waals surface area contributed by atoms with Crippen LogP contribution in [0.25, 0.3) is 0 Å². The number of nitrogens with zero attached hydrogens (tertiary/aromatic N) is 1. The van der Waals surface area contributed by atoms with E-state index in [2.05, 4.69) is 10.5 Å². The van der Waals surface area contributed by atoms with Crippen molar-refractivity contribution in [3.05, 3.63) is 52.4 Å². The monoisotopic (exact) mass is 336 g/mol. The number of hydrogen-bond donors (Lipinski definition) is 2. The van der Waals surface area contributed by atoms with Crippen molar-refractivity contribution in [2.24, 2.45) is 0 Å². The number of amides is 1. The molecule has 0 spiro atoms. The highest BCUT2D eigenvalue weighted by atomic mass is 35.5. The van der Waals surface area contributed by atoms with Gasteiger partial charge in [-0.25, -0.2) is 0 Å². The van der Waals surface area contributed by atoms with Crippen LogP contribution in [0.3, 0.4) is 0 Å². The van der Waals surface area contributed by atoms with Crippen molar-refractivity contribution < 1.29 is 14.4 Å². The highest BCUT2D eigenvalue weighted by Crippen LogP contribution is 2.21. The third-order valence-electron chi connectivity index (χ3n) is 3.83. The summed E-state index contributed by atoms with van der Waals surface area (Å²) in [5.74, 6) is 0.0478. The molecule has 1 atom stereocenters. The van der Waals surface area contributed by atoms with Crippen LogP contribution in [-0.4, -0.2) is 29.3 Å². The lowest BCUT2D eigenvalue weighted by Crippen LogP contribution is -2.29. The minimum atomic E-state index is -0.0551. The fourth-order valence-corrected chi connectivity index (χ4v) is 2.74. The topological polar surface area (TPSA) is 75.4 Å². The van der Waals surface area contributed by atoms with Crippen LogP contribution in [0.2, 0.25) is 5.22 Å². The molecule has 0 fully saturated rings. The first-order valence-electron chi connectivity index (χ1n) is 7.65. The number of carbonyl (C=O) groups excluding carboxylic acids is 1. The number of aryl methyl sites for hydroxylation is 1. The van der Waals surface area contributed by atoms with Gasteiger partial charge in [-0.3, -0.25) is 4.79 Å². The molecule has 2 N–H and O–H groups in total. The normalized spacial score (nSPS) is 12.1. The molecule has 0 radical (unpaired) electrons. The second-order valence-corrected chi connectivity index (χ2v) is 5.79. The SMILES string of the molecule is Cc1noc(Cl)c1CCC(=O)NCC(CCO)c1ccccc1. The molecule has 0 saturated heterocycles. The molecule has 6 heteroatoms. The van der Waals surface area contributed by atoms with Crippen LogP contribution in [0.15, 0.2) is 34.9 Å². The van der Waals surface area contributed by atoms with E-state index in [0.717, 1.165) is 11.1 Å². The second-order valence-electron chi connectivity index (χ2n) is 5.44. The van der Waals surface area contributed by atoms with Gasteiger partial charge >= 0.3 is 0 Å². The maximum Gasteiger partial charge on any atom is 0.229 e. The maximum atomic E-state index is 12.0. The Bertz CT molecular complexity index is 609. The van der Waals surface area contributed by atoms with Crippen molar-refractivity contribution >= 4 is 17.5 Å². The highest BCUT2D eigenvalue weighted by molar-refractivity contribution is 6.29. The Morgan fingerprint density at radius 1 is 1.39 bits per heavy atom. The summed E-state index contributed by atoms with van der Waals surface area (Å²) in [7, 11) is 0. The first kappa shape index (κ1) is 17.5.